The maximum atomic E-state index is 14.3. The third kappa shape index (κ3) is 4.16. The largest absolute Gasteiger partial charge is 0.439 e. The lowest BCUT2D eigenvalue weighted by Gasteiger charge is -2.04. The topological polar surface area (TPSA) is 121 Å². The Morgan fingerprint density at radius 3 is 2.40 bits per heavy atom. The summed E-state index contributed by atoms with van der Waals surface area (Å²) in [6.45, 7) is 0. The third-order valence-corrected chi connectivity index (χ3v) is 4.87. The van der Waals surface area contributed by atoms with Crippen LogP contribution in [-0.2, 0) is 10.0 Å². The van der Waals surface area contributed by atoms with Crippen LogP contribution in [0.2, 0.25) is 0 Å². The zero-order valence-corrected chi connectivity index (χ0v) is 15.8. The van der Waals surface area contributed by atoms with E-state index in [0.29, 0.717) is 11.3 Å². The molecular formula is C19H12F2N4O4S. The third-order valence-electron chi connectivity index (χ3n) is 3.96. The second kappa shape index (κ2) is 7.61. The summed E-state index contributed by atoms with van der Waals surface area (Å²) in [6.07, 6.45) is 1.42. The van der Waals surface area contributed by atoms with Crippen molar-refractivity contribution in [1.82, 2.24) is 15.1 Å². The van der Waals surface area contributed by atoms with Gasteiger partial charge in [-0.25, -0.2) is 27.3 Å². The molecule has 0 aliphatic carbocycles. The fourth-order valence-corrected chi connectivity index (χ4v) is 3.02. The predicted molar refractivity (Wildman–Crippen MR) is 101 cm³/mol. The highest BCUT2D eigenvalue weighted by Crippen LogP contribution is 2.27. The number of hydrogen-bond donors (Lipinski definition) is 1. The highest BCUT2D eigenvalue weighted by Gasteiger charge is 2.18. The van der Waals surface area contributed by atoms with Crippen molar-refractivity contribution < 1.29 is 26.5 Å². The molecular weight excluding hydrogens is 418 g/mol. The number of aromatic nitrogens is 3. The molecule has 152 valence electrons. The molecule has 0 radical (unpaired) electrons. The zero-order valence-electron chi connectivity index (χ0n) is 15.0. The summed E-state index contributed by atoms with van der Waals surface area (Å²) in [6, 6.07) is 11.7. The standard InChI is InChI=1S/C19H12F2N4O4S/c20-12-2-4-13(5-3-12)28-17-8-1-11(10-23-17)18-24-19(29-25-18)15-7-6-14(9-16(15)21)30(22,26)27/h1-10H,(H2,22,26,27). The molecule has 0 spiro atoms. The molecule has 0 saturated carbocycles. The number of primary sulfonamides is 1. The molecule has 30 heavy (non-hydrogen) atoms. The summed E-state index contributed by atoms with van der Waals surface area (Å²) in [5.74, 6) is -0.585. The van der Waals surface area contributed by atoms with Crippen LogP contribution in [-0.4, -0.2) is 23.5 Å². The van der Waals surface area contributed by atoms with Crippen molar-refractivity contribution in [2.75, 3.05) is 0 Å². The van der Waals surface area contributed by atoms with Gasteiger partial charge in [-0.2, -0.15) is 4.98 Å². The number of nitrogens with two attached hydrogens (primary N) is 1. The summed E-state index contributed by atoms with van der Waals surface area (Å²) in [4.78, 5) is 7.85. The van der Waals surface area contributed by atoms with Gasteiger partial charge in [-0.05, 0) is 48.5 Å². The number of pyridine rings is 1. The maximum absolute atomic E-state index is 14.3. The molecule has 0 aliphatic rings. The quantitative estimate of drug-likeness (QED) is 0.514. The molecule has 4 aromatic rings. The lowest BCUT2D eigenvalue weighted by atomic mass is 10.2. The van der Waals surface area contributed by atoms with Crippen molar-refractivity contribution >= 4 is 10.0 Å². The van der Waals surface area contributed by atoms with Crippen LogP contribution >= 0.6 is 0 Å². The van der Waals surface area contributed by atoms with Crippen molar-refractivity contribution in [3.63, 3.8) is 0 Å². The molecule has 2 heterocycles. The molecule has 8 nitrogen and oxygen atoms in total. The summed E-state index contributed by atoms with van der Waals surface area (Å²) >= 11 is 0. The van der Waals surface area contributed by atoms with Crippen LogP contribution < -0.4 is 9.88 Å². The molecule has 2 aromatic carbocycles. The van der Waals surface area contributed by atoms with Crippen LogP contribution in [0.5, 0.6) is 11.6 Å². The van der Waals surface area contributed by atoms with E-state index in [1.54, 1.807) is 12.1 Å². The fraction of sp³-hybridized carbons (Fsp3) is 0. The lowest BCUT2D eigenvalue weighted by molar-refractivity contribution is 0.429. The molecule has 11 heteroatoms. The zero-order chi connectivity index (χ0) is 21.3. The van der Waals surface area contributed by atoms with E-state index in [1.807, 2.05) is 0 Å². The first kappa shape index (κ1) is 19.6. The van der Waals surface area contributed by atoms with E-state index < -0.39 is 15.8 Å². The molecule has 2 aromatic heterocycles. The van der Waals surface area contributed by atoms with Gasteiger partial charge in [0, 0.05) is 17.8 Å². The van der Waals surface area contributed by atoms with E-state index in [2.05, 4.69) is 15.1 Å². The fourth-order valence-electron chi connectivity index (χ4n) is 2.49. The smallest absolute Gasteiger partial charge is 0.261 e. The minimum Gasteiger partial charge on any atom is -0.439 e. The van der Waals surface area contributed by atoms with Crippen LogP contribution in [0.3, 0.4) is 0 Å². The van der Waals surface area contributed by atoms with Gasteiger partial charge in [0.1, 0.15) is 17.4 Å². The van der Waals surface area contributed by atoms with Gasteiger partial charge in [-0.1, -0.05) is 5.16 Å². The Morgan fingerprint density at radius 1 is 1.00 bits per heavy atom. The minimum atomic E-state index is -4.04. The highest BCUT2D eigenvalue weighted by molar-refractivity contribution is 7.89. The van der Waals surface area contributed by atoms with Crippen molar-refractivity contribution in [2.45, 2.75) is 4.90 Å². The molecule has 0 bridgehead atoms. The number of sulfonamides is 1. The highest BCUT2D eigenvalue weighted by atomic mass is 32.2. The van der Waals surface area contributed by atoms with Gasteiger partial charge in [0.25, 0.3) is 5.89 Å². The van der Waals surface area contributed by atoms with Crippen molar-refractivity contribution in [3.8, 4) is 34.5 Å². The number of ether oxygens (including phenoxy) is 1. The van der Waals surface area contributed by atoms with E-state index in [9.17, 15) is 17.2 Å². The Bertz CT molecular complexity index is 1310. The van der Waals surface area contributed by atoms with Gasteiger partial charge < -0.3 is 9.26 Å². The van der Waals surface area contributed by atoms with Crippen molar-refractivity contribution in [1.29, 1.82) is 0 Å². The van der Waals surface area contributed by atoms with E-state index in [0.717, 1.165) is 12.1 Å². The summed E-state index contributed by atoms with van der Waals surface area (Å²) < 4.78 is 60.4. The molecule has 0 unspecified atom stereocenters. The Balaban J connectivity index is 1.55. The SMILES string of the molecule is NS(=O)(=O)c1ccc(-c2nc(-c3ccc(Oc4ccc(F)cc4)nc3)no2)c(F)c1. The molecule has 0 amide bonds. The number of halogens is 2. The predicted octanol–water partition coefficient (Wildman–Crippen LogP) is 3.52. The molecule has 0 aliphatic heterocycles. The van der Waals surface area contributed by atoms with Crippen LogP contribution in [0.25, 0.3) is 22.8 Å². The van der Waals surface area contributed by atoms with Gasteiger partial charge in [-0.15, -0.1) is 0 Å². The number of hydrogen-bond acceptors (Lipinski definition) is 7. The monoisotopic (exact) mass is 430 g/mol. The van der Waals surface area contributed by atoms with Crippen LogP contribution in [0.1, 0.15) is 0 Å². The van der Waals surface area contributed by atoms with E-state index in [4.69, 9.17) is 14.4 Å². The number of benzene rings is 2. The van der Waals surface area contributed by atoms with Crippen molar-refractivity contribution in [3.05, 3.63) is 72.4 Å². The van der Waals surface area contributed by atoms with Crippen LogP contribution in [0.4, 0.5) is 8.78 Å². The van der Waals surface area contributed by atoms with Gasteiger partial charge in [0.15, 0.2) is 0 Å². The number of rotatable bonds is 5. The normalized spacial score (nSPS) is 11.4. The second-order valence-electron chi connectivity index (χ2n) is 6.05. The summed E-state index contributed by atoms with van der Waals surface area (Å²) in [5, 5.41) is 8.76. The first-order valence-electron chi connectivity index (χ1n) is 8.36. The Kier molecular flexibility index (Phi) is 4.98. The second-order valence-corrected chi connectivity index (χ2v) is 7.61. The average Bonchev–Trinajstić information content (AvgIpc) is 3.19. The van der Waals surface area contributed by atoms with Gasteiger partial charge in [0.2, 0.25) is 21.7 Å². The first-order valence-corrected chi connectivity index (χ1v) is 9.90. The molecule has 2 N–H and O–H groups in total. The molecule has 4 rings (SSSR count). The van der Waals surface area contributed by atoms with E-state index >= 15 is 0 Å². The van der Waals surface area contributed by atoms with E-state index in [1.165, 1.54) is 36.5 Å². The van der Waals surface area contributed by atoms with Crippen LogP contribution in [0.15, 0.2) is 70.2 Å². The lowest BCUT2D eigenvalue weighted by Crippen LogP contribution is -2.12. The average molecular weight is 430 g/mol. The van der Waals surface area contributed by atoms with E-state index in [-0.39, 0.29) is 33.9 Å². The number of nitrogens with zero attached hydrogens (tertiary/aromatic N) is 3. The van der Waals surface area contributed by atoms with Gasteiger partial charge in [-0.3, -0.25) is 0 Å². The molecule has 0 fully saturated rings. The minimum absolute atomic E-state index is 0.0784. The summed E-state index contributed by atoms with van der Waals surface area (Å²) in [5.41, 5.74) is 0.392. The Morgan fingerprint density at radius 2 is 1.77 bits per heavy atom. The van der Waals surface area contributed by atoms with Crippen LogP contribution in [0, 0.1) is 11.6 Å². The van der Waals surface area contributed by atoms with Crippen molar-refractivity contribution in [2.24, 2.45) is 5.14 Å². The van der Waals surface area contributed by atoms with Gasteiger partial charge in [0.05, 0.1) is 10.5 Å². The Labute approximate surface area is 169 Å². The summed E-state index contributed by atoms with van der Waals surface area (Å²) in [7, 11) is -4.04. The first-order chi connectivity index (χ1) is 14.3. The molecule has 0 saturated heterocycles. The Hall–Kier alpha value is -3.70. The molecule has 0 atom stereocenters. The van der Waals surface area contributed by atoms with Gasteiger partial charge >= 0.3 is 0 Å². The maximum Gasteiger partial charge on any atom is 0.261 e.